The lowest BCUT2D eigenvalue weighted by Crippen LogP contribution is -1.99. The van der Waals surface area contributed by atoms with Gasteiger partial charge >= 0.3 is 0 Å². The first-order valence-electron chi connectivity index (χ1n) is 3.28. The predicted octanol–water partition coefficient (Wildman–Crippen LogP) is 1.40. The lowest BCUT2D eigenvalue weighted by molar-refractivity contribution is 1.02. The van der Waals surface area contributed by atoms with Crippen molar-refractivity contribution >= 4 is 5.82 Å². The normalized spacial score (nSPS) is 9.20. The number of H-pyrrole nitrogens is 1. The first-order valence-corrected chi connectivity index (χ1v) is 3.28. The number of nitrogens with one attached hydrogen (secondary N) is 2. The molecule has 0 unspecified atom stereocenters. The molecule has 3 nitrogen and oxygen atoms in total. The quantitative estimate of drug-likeness (QED) is 0.486. The van der Waals surface area contributed by atoms with E-state index in [9.17, 15) is 0 Å². The highest BCUT2D eigenvalue weighted by molar-refractivity contribution is 5.31. The van der Waals surface area contributed by atoms with Gasteiger partial charge in [0, 0.05) is 12.7 Å². The molecular weight excluding hydrogens is 126 g/mol. The molecule has 0 atom stereocenters. The number of anilines is 1. The highest BCUT2D eigenvalue weighted by Gasteiger charge is 1.88. The largest absolute Gasteiger partial charge is 0.368 e. The predicted molar refractivity (Wildman–Crippen MR) is 41.9 cm³/mol. The Morgan fingerprint density at radius 2 is 2.70 bits per heavy atom. The van der Waals surface area contributed by atoms with E-state index in [0.717, 1.165) is 18.8 Å². The van der Waals surface area contributed by atoms with E-state index in [0.29, 0.717) is 0 Å². The van der Waals surface area contributed by atoms with E-state index in [1.807, 2.05) is 12.1 Å². The number of hydrogen-bond donors (Lipinski definition) is 2. The highest BCUT2D eigenvalue weighted by Crippen LogP contribution is 1.97. The average Bonchev–Trinajstić information content (AvgIpc) is 2.41. The Morgan fingerprint density at radius 3 is 3.30 bits per heavy atom. The van der Waals surface area contributed by atoms with E-state index in [4.69, 9.17) is 0 Å². The molecule has 1 aromatic rings. The molecule has 0 aliphatic heterocycles. The van der Waals surface area contributed by atoms with Crippen LogP contribution in [-0.4, -0.2) is 16.7 Å². The van der Waals surface area contributed by atoms with Gasteiger partial charge in [-0.25, -0.2) is 0 Å². The minimum Gasteiger partial charge on any atom is -0.368 e. The Morgan fingerprint density at radius 1 is 1.80 bits per heavy atom. The molecule has 2 N–H and O–H groups in total. The van der Waals surface area contributed by atoms with Crippen LogP contribution < -0.4 is 5.32 Å². The summed E-state index contributed by atoms with van der Waals surface area (Å²) in [5, 5.41) is 9.75. The van der Waals surface area contributed by atoms with Crippen LogP contribution in [-0.2, 0) is 0 Å². The minimum atomic E-state index is 0.891. The number of rotatable bonds is 4. The standard InChI is InChI=1S/C7H11N3/c1-2-3-5-8-7-4-6-9-10-7/h2,4,6H,1,3,5H2,(H2,8,9,10). The van der Waals surface area contributed by atoms with Crippen molar-refractivity contribution in [2.45, 2.75) is 6.42 Å². The maximum absolute atomic E-state index is 3.92. The van der Waals surface area contributed by atoms with Crippen LogP contribution in [0.25, 0.3) is 0 Å². The van der Waals surface area contributed by atoms with Gasteiger partial charge in [0.25, 0.3) is 0 Å². The van der Waals surface area contributed by atoms with E-state index in [2.05, 4.69) is 22.1 Å². The van der Waals surface area contributed by atoms with Gasteiger partial charge in [-0.3, -0.25) is 5.10 Å². The summed E-state index contributed by atoms with van der Waals surface area (Å²) in [6.07, 6.45) is 4.63. The first kappa shape index (κ1) is 6.86. The van der Waals surface area contributed by atoms with Crippen LogP contribution >= 0.6 is 0 Å². The van der Waals surface area contributed by atoms with Crippen molar-refractivity contribution in [2.75, 3.05) is 11.9 Å². The monoisotopic (exact) mass is 137 g/mol. The Bertz CT molecular complexity index is 179. The summed E-state index contributed by atoms with van der Waals surface area (Å²) in [4.78, 5) is 0. The molecule has 1 rings (SSSR count). The van der Waals surface area contributed by atoms with Crippen molar-refractivity contribution in [2.24, 2.45) is 0 Å². The van der Waals surface area contributed by atoms with Gasteiger partial charge in [0.05, 0.1) is 0 Å². The van der Waals surface area contributed by atoms with Crippen molar-refractivity contribution in [1.29, 1.82) is 0 Å². The molecule has 3 heteroatoms. The zero-order valence-corrected chi connectivity index (χ0v) is 5.80. The molecule has 0 saturated carbocycles. The van der Waals surface area contributed by atoms with Crippen molar-refractivity contribution in [3.05, 3.63) is 24.9 Å². The summed E-state index contributed by atoms with van der Waals surface area (Å²) in [5.74, 6) is 0.891. The average molecular weight is 137 g/mol. The summed E-state index contributed by atoms with van der Waals surface area (Å²) in [6, 6.07) is 1.89. The summed E-state index contributed by atoms with van der Waals surface area (Å²) < 4.78 is 0. The Kier molecular flexibility index (Phi) is 2.55. The van der Waals surface area contributed by atoms with Gasteiger partial charge < -0.3 is 5.32 Å². The second-order valence-electron chi connectivity index (χ2n) is 1.96. The molecular formula is C7H11N3. The van der Waals surface area contributed by atoms with Crippen LogP contribution in [0.15, 0.2) is 24.9 Å². The third kappa shape index (κ3) is 1.93. The van der Waals surface area contributed by atoms with Crippen LogP contribution in [0, 0.1) is 0 Å². The summed E-state index contributed by atoms with van der Waals surface area (Å²) in [6.45, 7) is 4.51. The van der Waals surface area contributed by atoms with Gasteiger partial charge in [-0.1, -0.05) is 6.08 Å². The number of aromatic nitrogens is 2. The Balaban J connectivity index is 2.21. The third-order valence-corrected chi connectivity index (χ3v) is 1.16. The second-order valence-corrected chi connectivity index (χ2v) is 1.96. The summed E-state index contributed by atoms with van der Waals surface area (Å²) in [5.41, 5.74) is 0. The maximum Gasteiger partial charge on any atom is 0.147 e. The van der Waals surface area contributed by atoms with Crippen molar-refractivity contribution in [3.63, 3.8) is 0 Å². The molecule has 10 heavy (non-hydrogen) atoms. The summed E-state index contributed by atoms with van der Waals surface area (Å²) >= 11 is 0. The highest BCUT2D eigenvalue weighted by atomic mass is 15.2. The first-order chi connectivity index (χ1) is 4.93. The fraction of sp³-hybridized carbons (Fsp3) is 0.286. The van der Waals surface area contributed by atoms with Crippen molar-refractivity contribution < 1.29 is 0 Å². The second kappa shape index (κ2) is 3.71. The molecule has 0 amide bonds. The van der Waals surface area contributed by atoms with Gasteiger partial charge in [0.15, 0.2) is 0 Å². The van der Waals surface area contributed by atoms with Gasteiger partial charge in [0.2, 0.25) is 0 Å². The van der Waals surface area contributed by atoms with Gasteiger partial charge in [-0.2, -0.15) is 5.10 Å². The topological polar surface area (TPSA) is 40.7 Å². The zero-order chi connectivity index (χ0) is 7.23. The van der Waals surface area contributed by atoms with Gasteiger partial charge in [-0.05, 0) is 12.5 Å². The number of nitrogens with zero attached hydrogens (tertiary/aromatic N) is 1. The van der Waals surface area contributed by atoms with Crippen LogP contribution in [0.2, 0.25) is 0 Å². The van der Waals surface area contributed by atoms with Crippen LogP contribution in [0.1, 0.15) is 6.42 Å². The maximum atomic E-state index is 3.92. The molecule has 0 aliphatic rings. The fourth-order valence-electron chi connectivity index (χ4n) is 0.661. The fourth-order valence-corrected chi connectivity index (χ4v) is 0.661. The molecule has 0 aromatic carbocycles. The van der Waals surface area contributed by atoms with Crippen LogP contribution in [0.3, 0.4) is 0 Å². The van der Waals surface area contributed by atoms with E-state index in [-0.39, 0.29) is 0 Å². The van der Waals surface area contributed by atoms with Crippen LogP contribution in [0.5, 0.6) is 0 Å². The van der Waals surface area contributed by atoms with Crippen LogP contribution in [0.4, 0.5) is 5.82 Å². The third-order valence-electron chi connectivity index (χ3n) is 1.16. The van der Waals surface area contributed by atoms with E-state index in [1.54, 1.807) is 6.20 Å². The number of aromatic amines is 1. The smallest absolute Gasteiger partial charge is 0.147 e. The lowest BCUT2D eigenvalue weighted by Gasteiger charge is -1.96. The van der Waals surface area contributed by atoms with E-state index < -0.39 is 0 Å². The molecule has 0 spiro atoms. The lowest BCUT2D eigenvalue weighted by atomic mass is 10.4. The molecule has 0 saturated heterocycles. The van der Waals surface area contributed by atoms with Crippen molar-refractivity contribution in [1.82, 2.24) is 10.2 Å². The van der Waals surface area contributed by atoms with Gasteiger partial charge in [-0.15, -0.1) is 6.58 Å². The molecule has 54 valence electrons. The molecule has 0 fully saturated rings. The molecule has 0 bridgehead atoms. The Labute approximate surface area is 60.1 Å². The Hall–Kier alpha value is -1.25. The SMILES string of the molecule is C=CCCNc1cc[nH]n1. The zero-order valence-electron chi connectivity index (χ0n) is 5.80. The molecule has 0 radical (unpaired) electrons. The number of hydrogen-bond acceptors (Lipinski definition) is 2. The molecule has 1 aromatic heterocycles. The van der Waals surface area contributed by atoms with Crippen molar-refractivity contribution in [3.8, 4) is 0 Å². The molecule has 1 heterocycles. The van der Waals surface area contributed by atoms with E-state index in [1.165, 1.54) is 0 Å². The summed E-state index contributed by atoms with van der Waals surface area (Å²) in [7, 11) is 0. The van der Waals surface area contributed by atoms with Gasteiger partial charge in [0.1, 0.15) is 5.82 Å². The van der Waals surface area contributed by atoms with E-state index >= 15 is 0 Å². The minimum absolute atomic E-state index is 0.891. The molecule has 0 aliphatic carbocycles.